The molecule has 1 unspecified atom stereocenters. The van der Waals surface area contributed by atoms with Crippen LogP contribution in [0.4, 0.5) is 0 Å². The summed E-state index contributed by atoms with van der Waals surface area (Å²) in [6.45, 7) is 0.687. The highest BCUT2D eigenvalue weighted by molar-refractivity contribution is 6.08. The first-order valence-electron chi connectivity index (χ1n) is 5.17. The third kappa shape index (κ3) is 1.12. The van der Waals surface area contributed by atoms with Gasteiger partial charge in [0.1, 0.15) is 6.04 Å². The Morgan fingerprint density at radius 3 is 2.87 bits per heavy atom. The van der Waals surface area contributed by atoms with E-state index in [2.05, 4.69) is 0 Å². The first-order chi connectivity index (χ1) is 7.27. The minimum Gasteiger partial charge on any atom is -0.328 e. The van der Waals surface area contributed by atoms with Crippen LogP contribution in [0.2, 0.25) is 0 Å². The molecule has 0 N–H and O–H groups in total. The van der Waals surface area contributed by atoms with Gasteiger partial charge in [-0.1, -0.05) is 24.3 Å². The number of Topliss-reactive ketones (excluding diaryl/α,β-unsaturated/α-hetero) is 1. The van der Waals surface area contributed by atoms with Crippen molar-refractivity contribution in [2.45, 2.75) is 18.9 Å². The second-order valence-corrected chi connectivity index (χ2v) is 4.08. The van der Waals surface area contributed by atoms with Gasteiger partial charge < -0.3 is 4.90 Å². The molecular weight excluding hydrogens is 190 g/mol. The van der Waals surface area contributed by atoms with Crippen LogP contribution in [0.25, 0.3) is 0 Å². The van der Waals surface area contributed by atoms with Gasteiger partial charge in [0.05, 0.1) is 6.42 Å². The van der Waals surface area contributed by atoms with E-state index in [4.69, 9.17) is 0 Å². The Kier molecular flexibility index (Phi) is 1.69. The molecule has 1 saturated heterocycles. The monoisotopic (exact) mass is 201 g/mol. The van der Waals surface area contributed by atoms with Gasteiger partial charge >= 0.3 is 0 Å². The minimum atomic E-state index is -0.289. The molecule has 0 bridgehead atoms. The lowest BCUT2D eigenvalue weighted by Gasteiger charge is -2.30. The van der Waals surface area contributed by atoms with Crippen molar-refractivity contribution in [3.63, 3.8) is 0 Å². The Bertz CT molecular complexity index is 453. The Labute approximate surface area is 87.7 Å². The van der Waals surface area contributed by atoms with E-state index in [-0.39, 0.29) is 24.2 Å². The molecule has 0 saturated carbocycles. The van der Waals surface area contributed by atoms with Crippen molar-refractivity contribution in [2.24, 2.45) is 0 Å². The summed E-state index contributed by atoms with van der Waals surface area (Å²) >= 11 is 0. The molecule has 2 heterocycles. The number of nitrogens with zero attached hydrogens (tertiary/aromatic N) is 1. The van der Waals surface area contributed by atoms with Crippen molar-refractivity contribution in [1.82, 2.24) is 4.90 Å². The quantitative estimate of drug-likeness (QED) is 0.589. The van der Waals surface area contributed by atoms with E-state index < -0.39 is 0 Å². The standard InChI is InChI=1S/C12H11NO2/c14-10-7-11(15)13-6-5-8-3-1-2-4-9(8)12(10)13/h1-4,12H,5-7H2. The van der Waals surface area contributed by atoms with E-state index >= 15 is 0 Å². The van der Waals surface area contributed by atoms with Crippen molar-refractivity contribution in [2.75, 3.05) is 6.54 Å². The summed E-state index contributed by atoms with van der Waals surface area (Å²) in [6.07, 6.45) is 0.949. The fourth-order valence-electron chi connectivity index (χ4n) is 2.53. The fraction of sp³-hybridized carbons (Fsp3) is 0.333. The number of amides is 1. The van der Waals surface area contributed by atoms with Gasteiger partial charge in [-0.25, -0.2) is 0 Å². The van der Waals surface area contributed by atoms with Gasteiger partial charge in [0.15, 0.2) is 5.78 Å². The number of hydrogen-bond donors (Lipinski definition) is 0. The van der Waals surface area contributed by atoms with Crippen LogP contribution in [0.3, 0.4) is 0 Å². The van der Waals surface area contributed by atoms with Gasteiger partial charge in [-0.2, -0.15) is 0 Å². The van der Waals surface area contributed by atoms with Crippen molar-refractivity contribution < 1.29 is 9.59 Å². The van der Waals surface area contributed by atoms with Crippen LogP contribution in [0.15, 0.2) is 24.3 Å². The molecule has 0 aliphatic carbocycles. The molecule has 3 nitrogen and oxygen atoms in total. The van der Waals surface area contributed by atoms with Gasteiger partial charge in [-0.05, 0) is 17.5 Å². The second kappa shape index (κ2) is 2.92. The molecule has 2 aliphatic heterocycles. The first-order valence-corrected chi connectivity index (χ1v) is 5.17. The van der Waals surface area contributed by atoms with Crippen molar-refractivity contribution in [1.29, 1.82) is 0 Å². The predicted molar refractivity (Wildman–Crippen MR) is 54.2 cm³/mol. The maximum absolute atomic E-state index is 11.7. The molecule has 0 radical (unpaired) electrons. The third-order valence-corrected chi connectivity index (χ3v) is 3.23. The largest absolute Gasteiger partial charge is 0.328 e. The maximum atomic E-state index is 11.7. The van der Waals surface area contributed by atoms with Gasteiger partial charge in [0.25, 0.3) is 0 Å². The van der Waals surface area contributed by atoms with Crippen molar-refractivity contribution in [3.05, 3.63) is 35.4 Å². The zero-order valence-electron chi connectivity index (χ0n) is 8.27. The molecule has 2 aliphatic rings. The summed E-state index contributed by atoms with van der Waals surface area (Å²) in [5.74, 6) is 0.0339. The van der Waals surface area contributed by atoms with E-state index in [9.17, 15) is 9.59 Å². The summed E-state index contributed by atoms with van der Waals surface area (Å²) in [7, 11) is 0. The third-order valence-electron chi connectivity index (χ3n) is 3.23. The Morgan fingerprint density at radius 2 is 2.00 bits per heavy atom. The smallest absolute Gasteiger partial charge is 0.231 e. The molecule has 1 fully saturated rings. The molecular formula is C12H11NO2. The number of benzene rings is 1. The fourth-order valence-corrected chi connectivity index (χ4v) is 2.53. The highest BCUT2D eigenvalue weighted by Gasteiger charge is 2.42. The molecule has 3 heteroatoms. The zero-order valence-corrected chi connectivity index (χ0v) is 8.27. The van der Waals surface area contributed by atoms with Gasteiger partial charge in [-0.3, -0.25) is 9.59 Å². The average molecular weight is 201 g/mol. The topological polar surface area (TPSA) is 37.4 Å². The maximum Gasteiger partial charge on any atom is 0.231 e. The second-order valence-electron chi connectivity index (χ2n) is 4.08. The predicted octanol–water partition coefficient (Wildman–Crippen LogP) is 1.09. The number of carbonyl (C=O) groups is 2. The van der Waals surface area contributed by atoms with E-state index in [1.54, 1.807) is 4.90 Å². The summed E-state index contributed by atoms with van der Waals surface area (Å²) in [4.78, 5) is 25.0. The van der Waals surface area contributed by atoms with E-state index in [1.807, 2.05) is 24.3 Å². The average Bonchev–Trinajstić information content (AvgIpc) is 2.55. The van der Waals surface area contributed by atoms with Crippen LogP contribution in [0, 0.1) is 0 Å². The molecule has 0 aromatic heterocycles. The Hall–Kier alpha value is -1.64. The first kappa shape index (κ1) is 8.65. The molecule has 3 rings (SSSR count). The van der Waals surface area contributed by atoms with Crippen LogP contribution >= 0.6 is 0 Å². The van der Waals surface area contributed by atoms with Gasteiger partial charge in [0, 0.05) is 6.54 Å². The minimum absolute atomic E-state index is 0.0143. The van der Waals surface area contributed by atoms with Crippen molar-refractivity contribution >= 4 is 11.7 Å². The van der Waals surface area contributed by atoms with Crippen LogP contribution in [0.1, 0.15) is 23.6 Å². The highest BCUT2D eigenvalue weighted by atomic mass is 16.2. The number of rotatable bonds is 0. The lowest BCUT2D eigenvalue weighted by atomic mass is 9.92. The van der Waals surface area contributed by atoms with Gasteiger partial charge in [-0.15, -0.1) is 0 Å². The lowest BCUT2D eigenvalue weighted by molar-refractivity contribution is -0.129. The summed E-state index contributed by atoms with van der Waals surface area (Å²) in [6, 6.07) is 7.63. The molecule has 1 atom stereocenters. The highest BCUT2D eigenvalue weighted by Crippen LogP contribution is 2.35. The van der Waals surface area contributed by atoms with Crippen molar-refractivity contribution in [3.8, 4) is 0 Å². The van der Waals surface area contributed by atoms with Crippen LogP contribution in [0.5, 0.6) is 0 Å². The molecule has 1 amide bonds. The van der Waals surface area contributed by atoms with E-state index in [0.717, 1.165) is 12.0 Å². The molecule has 1 aromatic rings. The molecule has 0 spiro atoms. The number of ketones is 1. The zero-order chi connectivity index (χ0) is 10.4. The Balaban J connectivity index is 2.13. The number of hydrogen-bond acceptors (Lipinski definition) is 2. The summed E-state index contributed by atoms with van der Waals surface area (Å²) < 4.78 is 0. The summed E-state index contributed by atoms with van der Waals surface area (Å²) in [5.41, 5.74) is 2.24. The molecule has 15 heavy (non-hydrogen) atoms. The van der Waals surface area contributed by atoms with Gasteiger partial charge in [0.2, 0.25) is 5.91 Å². The Morgan fingerprint density at radius 1 is 1.20 bits per heavy atom. The van der Waals surface area contributed by atoms with Crippen LogP contribution in [-0.2, 0) is 16.0 Å². The molecule has 76 valence electrons. The summed E-state index contributed by atoms with van der Waals surface area (Å²) in [5, 5.41) is 0. The van der Waals surface area contributed by atoms with Crippen LogP contribution in [-0.4, -0.2) is 23.1 Å². The number of carbonyl (C=O) groups excluding carboxylic acids is 2. The lowest BCUT2D eigenvalue weighted by Crippen LogP contribution is -2.35. The number of fused-ring (bicyclic) bond motifs is 3. The van der Waals surface area contributed by atoms with E-state index in [1.165, 1.54) is 5.56 Å². The molecule has 1 aromatic carbocycles. The van der Waals surface area contributed by atoms with Crippen LogP contribution < -0.4 is 0 Å². The normalized spacial score (nSPS) is 24.0. The SMILES string of the molecule is O=C1CC(=O)N2CCc3ccccc3C12. The van der Waals surface area contributed by atoms with E-state index in [0.29, 0.717) is 6.54 Å².